The summed E-state index contributed by atoms with van der Waals surface area (Å²) in [5.41, 5.74) is 5.70. The highest BCUT2D eigenvalue weighted by molar-refractivity contribution is 7.80. The molecule has 1 fully saturated rings. The maximum Gasteiger partial charge on any atom is 0.418 e. The summed E-state index contributed by atoms with van der Waals surface area (Å²) in [6, 6.07) is -2.45. The molecule has 2 heterocycles. The number of hydroxylamine groups is 2. The molecule has 3 N–H and O–H groups in total. The lowest BCUT2D eigenvalue weighted by molar-refractivity contribution is -0.121. The number of carbonyl (C=O) groups excluding carboxylic acids is 2. The van der Waals surface area contributed by atoms with E-state index in [1.807, 2.05) is 0 Å². The van der Waals surface area contributed by atoms with E-state index < -0.39 is 34.4 Å². The highest BCUT2D eigenvalue weighted by Crippen LogP contribution is 2.29. The Bertz CT molecular complexity index is 541. The van der Waals surface area contributed by atoms with Crippen molar-refractivity contribution >= 4 is 22.3 Å². The second kappa shape index (κ2) is 3.93. The molecule has 2 aliphatic rings. The lowest BCUT2D eigenvalue weighted by Crippen LogP contribution is -2.48. The van der Waals surface area contributed by atoms with Gasteiger partial charge in [0.15, 0.2) is 0 Å². The summed E-state index contributed by atoms with van der Waals surface area (Å²) in [6.07, 6.45) is 1.50. The van der Waals surface area contributed by atoms with Crippen molar-refractivity contribution < 1.29 is 26.8 Å². The van der Waals surface area contributed by atoms with E-state index in [1.165, 1.54) is 6.08 Å². The van der Waals surface area contributed by atoms with Crippen molar-refractivity contribution in [2.45, 2.75) is 19.0 Å². The summed E-state index contributed by atoms with van der Waals surface area (Å²) in [5, 5.41) is 0.502. The zero-order valence-electron chi connectivity index (χ0n) is 9.31. The van der Waals surface area contributed by atoms with E-state index in [2.05, 4.69) is 4.28 Å². The van der Waals surface area contributed by atoms with Crippen LogP contribution < -0.4 is 5.73 Å². The van der Waals surface area contributed by atoms with E-state index in [9.17, 15) is 18.0 Å². The zero-order chi connectivity index (χ0) is 13.7. The second-order valence-corrected chi connectivity index (χ2v) is 5.05. The molecule has 0 aromatic rings. The SMILES string of the molecule is CC1=C[C@H]2CN(C(=O)N2OS(=O)(=O)O)[C@@H]1C(N)=O. The Labute approximate surface area is 103 Å². The quantitative estimate of drug-likeness (QED) is 0.484. The molecular formula is C8H11N3O6S. The summed E-state index contributed by atoms with van der Waals surface area (Å²) in [4.78, 5) is 24.2. The molecule has 0 radical (unpaired) electrons. The van der Waals surface area contributed by atoms with Crippen LogP contribution in [-0.2, 0) is 19.5 Å². The van der Waals surface area contributed by atoms with Crippen molar-refractivity contribution in [2.24, 2.45) is 5.73 Å². The number of hydrogen-bond acceptors (Lipinski definition) is 5. The first-order valence-electron chi connectivity index (χ1n) is 4.95. The second-order valence-electron chi connectivity index (χ2n) is 4.05. The van der Waals surface area contributed by atoms with Gasteiger partial charge in [-0.25, -0.2) is 4.79 Å². The van der Waals surface area contributed by atoms with E-state index in [4.69, 9.17) is 10.3 Å². The number of carbonyl (C=O) groups is 2. The number of fused-ring (bicyclic) bond motifs is 2. The van der Waals surface area contributed by atoms with Crippen LogP contribution in [0.3, 0.4) is 0 Å². The van der Waals surface area contributed by atoms with Crippen LogP contribution in [0.1, 0.15) is 6.92 Å². The summed E-state index contributed by atoms with van der Waals surface area (Å²) < 4.78 is 34.0. The fourth-order valence-electron chi connectivity index (χ4n) is 2.17. The number of urea groups is 1. The first kappa shape index (κ1) is 12.8. The van der Waals surface area contributed by atoms with Crippen LogP contribution in [0.4, 0.5) is 4.79 Å². The zero-order valence-corrected chi connectivity index (χ0v) is 10.1. The maximum absolute atomic E-state index is 11.8. The molecular weight excluding hydrogens is 266 g/mol. The van der Waals surface area contributed by atoms with Crippen molar-refractivity contribution in [3.05, 3.63) is 11.6 Å². The van der Waals surface area contributed by atoms with Crippen molar-refractivity contribution in [2.75, 3.05) is 6.54 Å². The van der Waals surface area contributed by atoms with Crippen molar-refractivity contribution in [1.82, 2.24) is 9.96 Å². The van der Waals surface area contributed by atoms with Gasteiger partial charge in [-0.2, -0.15) is 13.5 Å². The smallest absolute Gasteiger partial charge is 0.368 e. The molecule has 0 spiro atoms. The molecule has 0 saturated carbocycles. The summed E-state index contributed by atoms with van der Waals surface area (Å²) in [6.45, 7) is 1.66. The van der Waals surface area contributed by atoms with Gasteiger partial charge in [0.2, 0.25) is 5.91 Å². The van der Waals surface area contributed by atoms with Gasteiger partial charge in [-0.1, -0.05) is 6.08 Å². The van der Waals surface area contributed by atoms with Gasteiger partial charge in [0.05, 0.1) is 12.6 Å². The van der Waals surface area contributed by atoms with Crippen LogP contribution in [0.2, 0.25) is 0 Å². The Kier molecular flexibility index (Phi) is 2.80. The van der Waals surface area contributed by atoms with Crippen LogP contribution >= 0.6 is 0 Å². The Hall–Kier alpha value is -1.65. The van der Waals surface area contributed by atoms with Crippen molar-refractivity contribution in [3.8, 4) is 0 Å². The number of nitrogens with zero attached hydrogens (tertiary/aromatic N) is 2. The summed E-state index contributed by atoms with van der Waals surface area (Å²) >= 11 is 0. The van der Waals surface area contributed by atoms with E-state index in [0.717, 1.165) is 4.90 Å². The molecule has 1 saturated heterocycles. The number of rotatable bonds is 3. The molecule has 0 unspecified atom stereocenters. The molecule has 0 aromatic carbocycles. The van der Waals surface area contributed by atoms with Crippen molar-refractivity contribution in [3.63, 3.8) is 0 Å². The normalized spacial score (nSPS) is 27.4. The van der Waals surface area contributed by atoms with Gasteiger partial charge in [-0.3, -0.25) is 9.35 Å². The minimum atomic E-state index is -4.80. The average Bonchev–Trinajstić information content (AvgIpc) is 2.41. The van der Waals surface area contributed by atoms with Gasteiger partial charge in [-0.15, -0.1) is 4.28 Å². The topological polar surface area (TPSA) is 130 Å². The average molecular weight is 277 g/mol. The van der Waals surface area contributed by atoms with Crippen LogP contribution in [0.25, 0.3) is 0 Å². The molecule has 10 heteroatoms. The molecule has 18 heavy (non-hydrogen) atoms. The van der Waals surface area contributed by atoms with E-state index in [0.29, 0.717) is 10.6 Å². The van der Waals surface area contributed by atoms with Crippen LogP contribution in [0, 0.1) is 0 Å². The number of primary amides is 1. The van der Waals surface area contributed by atoms with E-state index in [1.54, 1.807) is 6.92 Å². The standard InChI is InChI=1S/C8H11N3O6S/c1-4-2-5-3-10(6(4)7(9)12)8(13)11(5)17-18(14,15)16/h2,5-6H,3H2,1H3,(H2,9,12)(H,14,15,16)/t5-,6-/m0/s1. The highest BCUT2D eigenvalue weighted by atomic mass is 32.3. The highest BCUT2D eigenvalue weighted by Gasteiger charge is 2.48. The van der Waals surface area contributed by atoms with E-state index >= 15 is 0 Å². The molecule has 2 bridgehead atoms. The molecule has 2 atom stereocenters. The third-order valence-corrected chi connectivity index (χ3v) is 3.11. The third kappa shape index (κ3) is 2.05. The summed E-state index contributed by atoms with van der Waals surface area (Å²) in [7, 11) is -4.80. The molecule has 0 aliphatic carbocycles. The van der Waals surface area contributed by atoms with Gasteiger partial charge in [0, 0.05) is 0 Å². The first-order chi connectivity index (χ1) is 8.20. The predicted molar refractivity (Wildman–Crippen MR) is 57.1 cm³/mol. The van der Waals surface area contributed by atoms with Gasteiger partial charge in [0.25, 0.3) is 0 Å². The Morgan fingerprint density at radius 2 is 2.22 bits per heavy atom. The van der Waals surface area contributed by atoms with Gasteiger partial charge in [0.1, 0.15) is 6.04 Å². The summed E-state index contributed by atoms with van der Waals surface area (Å²) in [5.74, 6) is -0.718. The van der Waals surface area contributed by atoms with Crippen LogP contribution in [-0.4, -0.2) is 53.5 Å². The van der Waals surface area contributed by atoms with Crippen molar-refractivity contribution in [1.29, 1.82) is 0 Å². The van der Waals surface area contributed by atoms with Gasteiger partial charge >= 0.3 is 16.4 Å². The molecule has 2 rings (SSSR count). The lowest BCUT2D eigenvalue weighted by atomic mass is 10.0. The molecule has 100 valence electrons. The van der Waals surface area contributed by atoms with Gasteiger partial charge < -0.3 is 10.6 Å². The molecule has 9 nitrogen and oxygen atoms in total. The largest absolute Gasteiger partial charge is 0.418 e. The monoisotopic (exact) mass is 277 g/mol. The first-order valence-corrected chi connectivity index (χ1v) is 6.31. The Morgan fingerprint density at radius 3 is 2.72 bits per heavy atom. The van der Waals surface area contributed by atoms with E-state index in [-0.39, 0.29) is 6.54 Å². The molecule has 0 aromatic heterocycles. The minimum Gasteiger partial charge on any atom is -0.368 e. The lowest BCUT2D eigenvalue weighted by Gasteiger charge is -2.27. The number of nitrogens with two attached hydrogens (primary N) is 1. The van der Waals surface area contributed by atoms with Gasteiger partial charge in [-0.05, 0) is 12.5 Å². The fraction of sp³-hybridized carbons (Fsp3) is 0.500. The van der Waals surface area contributed by atoms with Crippen LogP contribution in [0.5, 0.6) is 0 Å². The third-order valence-electron chi connectivity index (χ3n) is 2.76. The molecule has 3 amide bonds. The number of amides is 3. The van der Waals surface area contributed by atoms with Crippen LogP contribution in [0.15, 0.2) is 11.6 Å². The minimum absolute atomic E-state index is 0.0687. The Balaban J connectivity index is 2.33. The maximum atomic E-state index is 11.8. The fourth-order valence-corrected chi connectivity index (χ4v) is 2.54. The Morgan fingerprint density at radius 1 is 1.61 bits per heavy atom. The number of hydrogen-bond donors (Lipinski definition) is 2. The predicted octanol–water partition coefficient (Wildman–Crippen LogP) is -1.36. The molecule has 2 aliphatic heterocycles.